The van der Waals surface area contributed by atoms with Crippen LogP contribution in [0.1, 0.15) is 11.4 Å². The van der Waals surface area contributed by atoms with Gasteiger partial charge >= 0.3 is 0 Å². The molecule has 1 heterocycles. The molecule has 0 saturated carbocycles. The zero-order valence-corrected chi connectivity index (χ0v) is 6.76. The van der Waals surface area contributed by atoms with Crippen molar-refractivity contribution >= 4 is 11.0 Å². The molecule has 58 valence electrons. The quantitative estimate of drug-likeness (QED) is 0.579. The Kier molecular flexibility index (Phi) is 1.38. The molecule has 12 heavy (non-hydrogen) atoms. The normalized spacial score (nSPS) is 10.0. The molecular weight excluding hydrogens is 148 g/mol. The summed E-state index contributed by atoms with van der Waals surface area (Å²) in [4.78, 5) is 7.28. The zero-order chi connectivity index (χ0) is 8.55. The molecular formula is C10H8N2. The van der Waals surface area contributed by atoms with Gasteiger partial charge in [0.2, 0.25) is 0 Å². The van der Waals surface area contributed by atoms with E-state index in [1.807, 2.05) is 25.1 Å². The van der Waals surface area contributed by atoms with E-state index in [0.29, 0.717) is 5.82 Å². The standard InChI is InChI=1S/C10H8N2/c1-3-9-11-8-6-4-5-7(2)10(8)12-9/h1,4-6H,2H3,(H,11,12). The molecule has 2 nitrogen and oxygen atoms in total. The van der Waals surface area contributed by atoms with Crippen molar-refractivity contribution < 1.29 is 0 Å². The summed E-state index contributed by atoms with van der Waals surface area (Å²) in [5.74, 6) is 3.07. The number of terminal acetylenes is 1. The highest BCUT2D eigenvalue weighted by Gasteiger charge is 2.00. The molecule has 0 unspecified atom stereocenters. The largest absolute Gasteiger partial charge is 0.331 e. The maximum absolute atomic E-state index is 5.22. The number of rotatable bonds is 0. The summed E-state index contributed by atoms with van der Waals surface area (Å²) >= 11 is 0. The highest BCUT2D eigenvalue weighted by atomic mass is 14.9. The number of aromatic amines is 1. The Balaban J connectivity index is 2.85. The Hall–Kier alpha value is -1.75. The molecule has 0 spiro atoms. The maximum Gasteiger partial charge on any atom is 0.183 e. The van der Waals surface area contributed by atoms with Crippen molar-refractivity contribution in [3.05, 3.63) is 29.6 Å². The average molecular weight is 156 g/mol. The van der Waals surface area contributed by atoms with Crippen LogP contribution < -0.4 is 0 Å². The minimum absolute atomic E-state index is 0.597. The monoisotopic (exact) mass is 156 g/mol. The van der Waals surface area contributed by atoms with Crippen LogP contribution in [0.5, 0.6) is 0 Å². The van der Waals surface area contributed by atoms with Crippen LogP contribution in [0.3, 0.4) is 0 Å². The molecule has 0 amide bonds. The van der Waals surface area contributed by atoms with Crippen molar-refractivity contribution in [1.82, 2.24) is 9.97 Å². The third-order valence-electron chi connectivity index (χ3n) is 1.85. The summed E-state index contributed by atoms with van der Waals surface area (Å²) in [6.07, 6.45) is 5.22. The van der Waals surface area contributed by atoms with Crippen LogP contribution in [0.2, 0.25) is 0 Å². The molecule has 0 bridgehead atoms. The summed E-state index contributed by atoms with van der Waals surface area (Å²) in [7, 11) is 0. The van der Waals surface area contributed by atoms with E-state index in [9.17, 15) is 0 Å². The van der Waals surface area contributed by atoms with Crippen LogP contribution in [-0.2, 0) is 0 Å². The minimum atomic E-state index is 0.597. The zero-order valence-electron chi connectivity index (χ0n) is 6.76. The average Bonchev–Trinajstić information content (AvgIpc) is 2.49. The Morgan fingerprint density at radius 1 is 1.50 bits per heavy atom. The Morgan fingerprint density at radius 3 is 3.00 bits per heavy atom. The number of hydrogen-bond donors (Lipinski definition) is 1. The van der Waals surface area contributed by atoms with Gasteiger partial charge in [-0.15, -0.1) is 6.42 Å². The lowest BCUT2D eigenvalue weighted by atomic mass is 10.2. The van der Waals surface area contributed by atoms with Gasteiger partial charge < -0.3 is 4.98 Å². The molecule has 1 aromatic carbocycles. The Morgan fingerprint density at radius 2 is 2.33 bits per heavy atom. The van der Waals surface area contributed by atoms with Crippen molar-refractivity contribution in [2.75, 3.05) is 0 Å². The first kappa shape index (κ1) is 6.93. The molecule has 1 N–H and O–H groups in total. The molecule has 0 aliphatic carbocycles. The van der Waals surface area contributed by atoms with Crippen LogP contribution in [0.4, 0.5) is 0 Å². The summed E-state index contributed by atoms with van der Waals surface area (Å²) < 4.78 is 0. The van der Waals surface area contributed by atoms with Gasteiger partial charge in [-0.25, -0.2) is 4.98 Å². The fourth-order valence-electron chi connectivity index (χ4n) is 1.24. The minimum Gasteiger partial charge on any atom is -0.331 e. The number of nitrogens with one attached hydrogen (secondary N) is 1. The molecule has 0 saturated heterocycles. The van der Waals surface area contributed by atoms with Gasteiger partial charge in [0.15, 0.2) is 5.82 Å². The summed E-state index contributed by atoms with van der Waals surface area (Å²) in [5, 5.41) is 0. The summed E-state index contributed by atoms with van der Waals surface area (Å²) in [5.41, 5.74) is 3.11. The van der Waals surface area contributed by atoms with Crippen molar-refractivity contribution in [2.45, 2.75) is 6.92 Å². The van der Waals surface area contributed by atoms with E-state index < -0.39 is 0 Å². The molecule has 0 fully saturated rings. The summed E-state index contributed by atoms with van der Waals surface area (Å²) in [6.45, 7) is 2.02. The molecule has 0 aliphatic rings. The van der Waals surface area contributed by atoms with E-state index in [-0.39, 0.29) is 0 Å². The molecule has 1 aromatic heterocycles. The van der Waals surface area contributed by atoms with E-state index in [1.165, 1.54) is 0 Å². The first-order chi connectivity index (χ1) is 5.81. The second kappa shape index (κ2) is 2.38. The molecule has 0 atom stereocenters. The van der Waals surface area contributed by atoms with E-state index in [2.05, 4.69) is 15.9 Å². The Labute approximate surface area is 70.6 Å². The molecule has 2 heteroatoms. The summed E-state index contributed by atoms with van der Waals surface area (Å²) in [6, 6.07) is 5.97. The molecule has 2 rings (SSSR count). The predicted octanol–water partition coefficient (Wildman–Crippen LogP) is 1.85. The van der Waals surface area contributed by atoms with E-state index >= 15 is 0 Å². The molecule has 0 aliphatic heterocycles. The topological polar surface area (TPSA) is 28.7 Å². The van der Waals surface area contributed by atoms with Crippen molar-refractivity contribution in [3.8, 4) is 12.3 Å². The second-order valence-corrected chi connectivity index (χ2v) is 2.70. The first-order valence-corrected chi connectivity index (χ1v) is 3.73. The SMILES string of the molecule is C#Cc1nc2c(C)cccc2[nH]1. The van der Waals surface area contributed by atoms with E-state index in [1.54, 1.807) is 0 Å². The van der Waals surface area contributed by atoms with Gasteiger partial charge in [0.25, 0.3) is 0 Å². The van der Waals surface area contributed by atoms with Gasteiger partial charge in [0, 0.05) is 0 Å². The van der Waals surface area contributed by atoms with Crippen LogP contribution in [-0.4, -0.2) is 9.97 Å². The van der Waals surface area contributed by atoms with E-state index in [4.69, 9.17) is 6.42 Å². The van der Waals surface area contributed by atoms with Crippen LogP contribution in [0.25, 0.3) is 11.0 Å². The number of H-pyrrole nitrogens is 1. The third-order valence-corrected chi connectivity index (χ3v) is 1.85. The van der Waals surface area contributed by atoms with Crippen molar-refractivity contribution in [1.29, 1.82) is 0 Å². The number of hydrogen-bond acceptors (Lipinski definition) is 1. The van der Waals surface area contributed by atoms with Crippen molar-refractivity contribution in [3.63, 3.8) is 0 Å². The number of nitrogens with zero attached hydrogens (tertiary/aromatic N) is 1. The Bertz CT molecular complexity index is 460. The van der Waals surface area contributed by atoms with Gasteiger partial charge in [-0.3, -0.25) is 0 Å². The molecule has 0 radical (unpaired) electrons. The predicted molar refractivity (Wildman–Crippen MR) is 48.8 cm³/mol. The van der Waals surface area contributed by atoms with Gasteiger partial charge in [0.1, 0.15) is 0 Å². The molecule has 2 aromatic rings. The number of fused-ring (bicyclic) bond motifs is 1. The fraction of sp³-hybridized carbons (Fsp3) is 0.100. The fourth-order valence-corrected chi connectivity index (χ4v) is 1.24. The number of aromatic nitrogens is 2. The smallest absolute Gasteiger partial charge is 0.183 e. The highest BCUT2D eigenvalue weighted by molar-refractivity contribution is 5.79. The van der Waals surface area contributed by atoms with Gasteiger partial charge in [-0.2, -0.15) is 0 Å². The van der Waals surface area contributed by atoms with Crippen LogP contribution >= 0.6 is 0 Å². The van der Waals surface area contributed by atoms with Crippen LogP contribution in [0, 0.1) is 19.3 Å². The first-order valence-electron chi connectivity index (χ1n) is 3.73. The van der Waals surface area contributed by atoms with E-state index in [0.717, 1.165) is 16.6 Å². The lowest BCUT2D eigenvalue weighted by Crippen LogP contribution is -1.74. The van der Waals surface area contributed by atoms with Gasteiger partial charge in [0.05, 0.1) is 11.0 Å². The number of aryl methyl sites for hydroxylation is 1. The van der Waals surface area contributed by atoms with Gasteiger partial charge in [-0.1, -0.05) is 12.1 Å². The number of benzene rings is 1. The number of imidazole rings is 1. The lowest BCUT2D eigenvalue weighted by Gasteiger charge is -1.90. The van der Waals surface area contributed by atoms with Gasteiger partial charge in [-0.05, 0) is 24.5 Å². The lowest BCUT2D eigenvalue weighted by molar-refractivity contribution is 1.28. The maximum atomic E-state index is 5.22. The second-order valence-electron chi connectivity index (χ2n) is 2.70. The van der Waals surface area contributed by atoms with Crippen molar-refractivity contribution in [2.24, 2.45) is 0 Å². The number of para-hydroxylation sites is 1. The highest BCUT2D eigenvalue weighted by Crippen LogP contribution is 2.14. The third kappa shape index (κ3) is 0.876. The van der Waals surface area contributed by atoms with Crippen LogP contribution in [0.15, 0.2) is 18.2 Å².